The van der Waals surface area contributed by atoms with Crippen molar-refractivity contribution in [2.45, 2.75) is 32.2 Å². The van der Waals surface area contributed by atoms with Crippen molar-refractivity contribution >= 4 is 11.6 Å². The van der Waals surface area contributed by atoms with Crippen molar-refractivity contribution in [3.8, 4) is 5.75 Å². The van der Waals surface area contributed by atoms with Gasteiger partial charge in [0, 0.05) is 5.69 Å². The zero-order valence-corrected chi connectivity index (χ0v) is 11.0. The van der Waals surface area contributed by atoms with E-state index in [2.05, 4.69) is 15.4 Å². The molecule has 104 valence electrons. The topological polar surface area (TPSA) is 80.0 Å². The quantitative estimate of drug-likeness (QED) is 0.830. The van der Waals surface area contributed by atoms with Crippen LogP contribution in [0, 0.1) is 0 Å². The number of carbonyl (C=O) groups is 1. The molecular weight excluding hydrogens is 256 g/mol. The normalized spacial score (nSPS) is 13.8. The summed E-state index contributed by atoms with van der Waals surface area (Å²) in [4.78, 5) is 15.8. The largest absolute Gasteiger partial charge is 0.508 e. The second kappa shape index (κ2) is 5.32. The van der Waals surface area contributed by atoms with E-state index in [0.29, 0.717) is 5.75 Å². The van der Waals surface area contributed by atoms with Crippen LogP contribution in [-0.4, -0.2) is 25.8 Å². The van der Waals surface area contributed by atoms with E-state index in [1.165, 1.54) is 17.3 Å². The molecule has 3 rings (SSSR count). The van der Waals surface area contributed by atoms with E-state index in [-0.39, 0.29) is 12.5 Å². The Morgan fingerprint density at radius 2 is 2.10 bits per heavy atom. The highest BCUT2D eigenvalue weighted by atomic mass is 16.3. The summed E-state index contributed by atoms with van der Waals surface area (Å²) in [5.74, 6) is 0.183. The third-order valence-corrected chi connectivity index (χ3v) is 3.56. The minimum atomic E-state index is -0.144. The van der Waals surface area contributed by atoms with Gasteiger partial charge in [0.05, 0.1) is 0 Å². The molecule has 1 aliphatic rings. The number of hydrogen-bond acceptors (Lipinski definition) is 4. The van der Waals surface area contributed by atoms with E-state index >= 15 is 0 Å². The number of anilines is 1. The van der Waals surface area contributed by atoms with Crippen LogP contribution in [0.25, 0.3) is 0 Å². The van der Waals surface area contributed by atoms with E-state index < -0.39 is 0 Å². The summed E-state index contributed by atoms with van der Waals surface area (Å²) < 4.78 is 1.47. The van der Waals surface area contributed by atoms with Crippen molar-refractivity contribution in [3.05, 3.63) is 35.9 Å². The fourth-order valence-corrected chi connectivity index (χ4v) is 2.62. The molecule has 0 unspecified atom stereocenters. The second-order valence-electron chi connectivity index (χ2n) is 4.94. The number of carbonyl (C=O) groups excluding carboxylic acids is 1. The predicted octanol–water partition coefficient (Wildman–Crippen LogP) is 1.50. The van der Waals surface area contributed by atoms with Gasteiger partial charge in [-0.05, 0) is 48.9 Å². The number of benzene rings is 1. The highest BCUT2D eigenvalue weighted by Crippen LogP contribution is 2.34. The number of aromatic hydroxyl groups is 1. The summed E-state index contributed by atoms with van der Waals surface area (Å²) in [6.45, 7) is 0.135. The van der Waals surface area contributed by atoms with Gasteiger partial charge in [-0.1, -0.05) is 0 Å². The lowest BCUT2D eigenvalue weighted by Crippen LogP contribution is -2.20. The van der Waals surface area contributed by atoms with Crippen LogP contribution < -0.4 is 5.32 Å². The fraction of sp³-hybridized carbons (Fsp3) is 0.357. The van der Waals surface area contributed by atoms with E-state index in [1.807, 2.05) is 0 Å². The maximum atomic E-state index is 12.0. The average Bonchev–Trinajstić information content (AvgIpc) is 2.95. The standard InChI is InChI=1S/C14H16N4O2/c19-13-6-5-12(10-3-1-2-4-11(10)13)17-14(20)7-18-9-15-8-16-18/h5-6,8-9,19H,1-4,7H2,(H,17,20). The summed E-state index contributed by atoms with van der Waals surface area (Å²) in [5.41, 5.74) is 2.82. The lowest BCUT2D eigenvalue weighted by molar-refractivity contribution is -0.116. The molecule has 0 fully saturated rings. The number of fused-ring (bicyclic) bond motifs is 1. The highest BCUT2D eigenvalue weighted by Gasteiger charge is 2.18. The minimum absolute atomic E-state index is 0.135. The molecule has 1 heterocycles. The van der Waals surface area contributed by atoms with Gasteiger partial charge in [0.1, 0.15) is 24.9 Å². The molecule has 20 heavy (non-hydrogen) atoms. The van der Waals surface area contributed by atoms with Gasteiger partial charge >= 0.3 is 0 Å². The number of hydrogen-bond donors (Lipinski definition) is 2. The van der Waals surface area contributed by atoms with E-state index in [1.54, 1.807) is 12.1 Å². The zero-order chi connectivity index (χ0) is 13.9. The fourth-order valence-electron chi connectivity index (χ4n) is 2.62. The molecule has 0 saturated heterocycles. The molecule has 1 aliphatic carbocycles. The van der Waals surface area contributed by atoms with Crippen LogP contribution in [0.2, 0.25) is 0 Å². The van der Waals surface area contributed by atoms with Gasteiger partial charge in [-0.2, -0.15) is 5.10 Å². The molecule has 1 aromatic carbocycles. The number of nitrogens with zero attached hydrogens (tertiary/aromatic N) is 3. The first-order valence-electron chi connectivity index (χ1n) is 6.70. The van der Waals surface area contributed by atoms with Gasteiger partial charge in [-0.15, -0.1) is 0 Å². The Morgan fingerprint density at radius 3 is 2.85 bits per heavy atom. The second-order valence-corrected chi connectivity index (χ2v) is 4.94. The Morgan fingerprint density at radius 1 is 1.30 bits per heavy atom. The number of phenolic OH excluding ortho intramolecular Hbond substituents is 1. The number of phenols is 1. The Bertz CT molecular complexity index is 622. The van der Waals surface area contributed by atoms with Crippen LogP contribution >= 0.6 is 0 Å². The van der Waals surface area contributed by atoms with Crippen LogP contribution in [0.4, 0.5) is 5.69 Å². The van der Waals surface area contributed by atoms with Crippen molar-refractivity contribution in [1.82, 2.24) is 14.8 Å². The van der Waals surface area contributed by atoms with Crippen LogP contribution in [0.1, 0.15) is 24.0 Å². The maximum Gasteiger partial charge on any atom is 0.246 e. The molecule has 2 N–H and O–H groups in total. The molecule has 0 saturated carbocycles. The maximum absolute atomic E-state index is 12.0. The summed E-state index contributed by atoms with van der Waals surface area (Å²) in [5, 5.41) is 16.7. The lowest BCUT2D eigenvalue weighted by Gasteiger charge is -2.20. The molecule has 0 radical (unpaired) electrons. The monoisotopic (exact) mass is 272 g/mol. The molecule has 2 aromatic rings. The average molecular weight is 272 g/mol. The molecular formula is C14H16N4O2. The molecule has 0 bridgehead atoms. The number of amides is 1. The summed E-state index contributed by atoms with van der Waals surface area (Å²) >= 11 is 0. The summed E-state index contributed by atoms with van der Waals surface area (Å²) in [6.07, 6.45) is 6.83. The van der Waals surface area contributed by atoms with E-state index in [0.717, 1.165) is 42.5 Å². The molecule has 6 heteroatoms. The van der Waals surface area contributed by atoms with E-state index in [9.17, 15) is 9.90 Å². The Balaban J connectivity index is 1.79. The van der Waals surface area contributed by atoms with Crippen LogP contribution in [0.15, 0.2) is 24.8 Å². The molecule has 1 amide bonds. The Labute approximate surface area is 116 Å². The smallest absolute Gasteiger partial charge is 0.246 e. The van der Waals surface area contributed by atoms with E-state index in [4.69, 9.17) is 0 Å². The zero-order valence-electron chi connectivity index (χ0n) is 11.0. The molecule has 6 nitrogen and oxygen atoms in total. The number of aromatic nitrogens is 3. The predicted molar refractivity (Wildman–Crippen MR) is 73.4 cm³/mol. The highest BCUT2D eigenvalue weighted by molar-refractivity contribution is 5.91. The molecule has 0 spiro atoms. The number of rotatable bonds is 3. The molecule has 0 aliphatic heterocycles. The SMILES string of the molecule is O=C(Cn1cncn1)Nc1ccc(O)c2c1CCCC2. The lowest BCUT2D eigenvalue weighted by atomic mass is 9.89. The van der Waals surface area contributed by atoms with Crippen molar-refractivity contribution in [2.24, 2.45) is 0 Å². The van der Waals surface area contributed by atoms with Crippen molar-refractivity contribution in [1.29, 1.82) is 0 Å². The third-order valence-electron chi connectivity index (χ3n) is 3.56. The van der Waals surface area contributed by atoms with Crippen LogP contribution in [-0.2, 0) is 24.2 Å². The van der Waals surface area contributed by atoms with Gasteiger partial charge in [0.15, 0.2) is 0 Å². The van der Waals surface area contributed by atoms with Gasteiger partial charge in [-0.3, -0.25) is 4.79 Å². The number of nitrogens with one attached hydrogen (secondary N) is 1. The first kappa shape index (κ1) is 12.7. The third kappa shape index (κ3) is 2.49. The first-order valence-corrected chi connectivity index (χ1v) is 6.70. The van der Waals surface area contributed by atoms with Gasteiger partial charge in [0.2, 0.25) is 5.91 Å². The van der Waals surface area contributed by atoms with Crippen LogP contribution in [0.5, 0.6) is 5.75 Å². The Kier molecular flexibility index (Phi) is 3.37. The minimum Gasteiger partial charge on any atom is -0.508 e. The van der Waals surface area contributed by atoms with Gasteiger partial charge in [-0.25, -0.2) is 9.67 Å². The first-order chi connectivity index (χ1) is 9.74. The summed E-state index contributed by atoms with van der Waals surface area (Å²) in [7, 11) is 0. The van der Waals surface area contributed by atoms with Gasteiger partial charge in [0.25, 0.3) is 0 Å². The van der Waals surface area contributed by atoms with Crippen molar-refractivity contribution in [2.75, 3.05) is 5.32 Å². The molecule has 0 atom stereocenters. The van der Waals surface area contributed by atoms with Crippen LogP contribution in [0.3, 0.4) is 0 Å². The molecule has 1 aromatic heterocycles. The van der Waals surface area contributed by atoms with Crippen molar-refractivity contribution in [3.63, 3.8) is 0 Å². The van der Waals surface area contributed by atoms with Gasteiger partial charge < -0.3 is 10.4 Å². The Hall–Kier alpha value is -2.37. The summed E-state index contributed by atoms with van der Waals surface area (Å²) in [6, 6.07) is 3.41. The van der Waals surface area contributed by atoms with Crippen molar-refractivity contribution < 1.29 is 9.90 Å².